The van der Waals surface area contributed by atoms with Gasteiger partial charge in [-0.25, -0.2) is 0 Å². The van der Waals surface area contributed by atoms with E-state index in [9.17, 15) is 4.79 Å². The predicted octanol–water partition coefficient (Wildman–Crippen LogP) is 3.88. The Morgan fingerprint density at radius 3 is 2.89 bits per heavy atom. The molecule has 3 atom stereocenters. The number of carbonyl (C=O) groups is 1. The van der Waals surface area contributed by atoms with Crippen LogP contribution in [0.2, 0.25) is 0 Å². The fourth-order valence-electron chi connectivity index (χ4n) is 6.27. The zero-order chi connectivity index (χ0) is 19.1. The molecule has 1 amide bonds. The van der Waals surface area contributed by atoms with Gasteiger partial charge in [0.2, 0.25) is 5.91 Å². The molecule has 3 heterocycles. The molecular weight excluding hydrogens is 350 g/mol. The Bertz CT molecular complexity index is 741. The lowest BCUT2D eigenvalue weighted by molar-refractivity contribution is -0.145. The third-order valence-corrected chi connectivity index (χ3v) is 7.78. The molecule has 0 N–H and O–H groups in total. The lowest BCUT2D eigenvalue weighted by atomic mass is 9.78. The summed E-state index contributed by atoms with van der Waals surface area (Å²) >= 11 is 0. The van der Waals surface area contributed by atoms with E-state index in [1.807, 2.05) is 0 Å². The number of amides is 1. The number of carbonyl (C=O) groups excluding carboxylic acids is 1. The Labute approximate surface area is 168 Å². The van der Waals surface area contributed by atoms with Crippen molar-refractivity contribution < 1.29 is 14.3 Å². The smallest absolute Gasteiger partial charge is 0.231 e. The fraction of sp³-hybridized carbons (Fsp3) is 0.708. The van der Waals surface area contributed by atoms with Crippen LogP contribution < -0.4 is 0 Å². The summed E-state index contributed by atoms with van der Waals surface area (Å²) in [6, 6.07) is 6.69. The monoisotopic (exact) mass is 383 g/mol. The molecule has 0 bridgehead atoms. The number of aryl methyl sites for hydroxylation is 1. The van der Waals surface area contributed by atoms with Crippen LogP contribution in [-0.2, 0) is 27.2 Å². The van der Waals surface area contributed by atoms with Crippen LogP contribution in [0.4, 0.5) is 0 Å². The number of nitrogens with zero attached hydrogens (tertiary/aromatic N) is 1. The van der Waals surface area contributed by atoms with Crippen molar-refractivity contribution in [2.75, 3.05) is 26.4 Å². The summed E-state index contributed by atoms with van der Waals surface area (Å²) in [6.45, 7) is 6.34. The molecule has 1 aromatic rings. The molecule has 1 saturated carbocycles. The Morgan fingerprint density at radius 1 is 1.18 bits per heavy atom. The maximum atomic E-state index is 13.8. The molecule has 5 rings (SSSR count). The number of hydrogen-bond acceptors (Lipinski definition) is 3. The second kappa shape index (κ2) is 7.46. The Kier molecular flexibility index (Phi) is 4.96. The van der Waals surface area contributed by atoms with E-state index in [1.54, 1.807) is 0 Å². The van der Waals surface area contributed by atoms with E-state index in [2.05, 4.69) is 30.0 Å². The van der Waals surface area contributed by atoms with Crippen LogP contribution in [0, 0.1) is 24.2 Å². The normalized spacial score (nSPS) is 33.0. The van der Waals surface area contributed by atoms with Crippen molar-refractivity contribution in [2.45, 2.75) is 64.5 Å². The van der Waals surface area contributed by atoms with Gasteiger partial charge < -0.3 is 14.4 Å². The highest BCUT2D eigenvalue weighted by Gasteiger charge is 2.57. The van der Waals surface area contributed by atoms with E-state index >= 15 is 0 Å². The van der Waals surface area contributed by atoms with E-state index in [4.69, 9.17) is 9.47 Å². The molecule has 28 heavy (non-hydrogen) atoms. The van der Waals surface area contributed by atoms with Gasteiger partial charge in [-0.05, 0) is 74.8 Å². The lowest BCUT2D eigenvalue weighted by Gasteiger charge is -2.37. The molecule has 2 saturated heterocycles. The third kappa shape index (κ3) is 3.29. The number of hydrogen-bond donors (Lipinski definition) is 0. The van der Waals surface area contributed by atoms with E-state index < -0.39 is 0 Å². The Balaban J connectivity index is 1.30. The maximum absolute atomic E-state index is 13.8. The minimum absolute atomic E-state index is 0.142. The lowest BCUT2D eigenvalue weighted by Crippen LogP contribution is -2.47. The minimum atomic E-state index is -0.253. The average Bonchev–Trinajstić information content (AvgIpc) is 3.25. The van der Waals surface area contributed by atoms with Gasteiger partial charge in [0.1, 0.15) is 0 Å². The molecule has 4 heteroatoms. The molecule has 0 spiro atoms. The predicted molar refractivity (Wildman–Crippen MR) is 108 cm³/mol. The topological polar surface area (TPSA) is 38.8 Å². The first kappa shape index (κ1) is 18.6. The highest BCUT2D eigenvalue weighted by atomic mass is 16.5. The van der Waals surface area contributed by atoms with E-state index in [-0.39, 0.29) is 11.5 Å². The SMILES string of the molecule is Cc1ccc2c(c1)CN(C(=O)[C@@]13CCO[C@@H]1C[C@@H](CC1CCOCC1)C3)CC2. The number of benzene rings is 1. The number of fused-ring (bicyclic) bond motifs is 2. The molecule has 4 nitrogen and oxygen atoms in total. The zero-order valence-corrected chi connectivity index (χ0v) is 17.1. The maximum Gasteiger partial charge on any atom is 0.231 e. The first-order valence-corrected chi connectivity index (χ1v) is 11.2. The molecule has 1 aliphatic carbocycles. The van der Waals surface area contributed by atoms with E-state index in [0.717, 1.165) is 64.5 Å². The molecular formula is C24H33NO3. The van der Waals surface area contributed by atoms with Crippen LogP contribution in [0.3, 0.4) is 0 Å². The second-order valence-electron chi connectivity index (χ2n) is 9.61. The van der Waals surface area contributed by atoms with Crippen molar-refractivity contribution >= 4 is 5.91 Å². The first-order chi connectivity index (χ1) is 13.6. The molecule has 0 aromatic heterocycles. The van der Waals surface area contributed by atoms with Crippen LogP contribution in [0.15, 0.2) is 18.2 Å². The van der Waals surface area contributed by atoms with Gasteiger partial charge >= 0.3 is 0 Å². The molecule has 152 valence electrons. The van der Waals surface area contributed by atoms with Crippen LogP contribution in [-0.4, -0.2) is 43.3 Å². The van der Waals surface area contributed by atoms with Crippen molar-refractivity contribution in [3.63, 3.8) is 0 Å². The van der Waals surface area contributed by atoms with Crippen LogP contribution >= 0.6 is 0 Å². The first-order valence-electron chi connectivity index (χ1n) is 11.2. The van der Waals surface area contributed by atoms with E-state index in [1.165, 1.54) is 36.0 Å². The number of rotatable bonds is 3. The molecule has 0 unspecified atom stereocenters. The van der Waals surface area contributed by atoms with Gasteiger partial charge in [-0.2, -0.15) is 0 Å². The molecule has 1 aromatic carbocycles. The van der Waals surface area contributed by atoms with Gasteiger partial charge in [0, 0.05) is 32.9 Å². The van der Waals surface area contributed by atoms with Gasteiger partial charge in [0.05, 0.1) is 11.5 Å². The average molecular weight is 384 g/mol. The second-order valence-corrected chi connectivity index (χ2v) is 9.61. The summed E-state index contributed by atoms with van der Waals surface area (Å²) < 4.78 is 11.7. The minimum Gasteiger partial charge on any atom is -0.381 e. The van der Waals surface area contributed by atoms with Crippen molar-refractivity contribution in [1.29, 1.82) is 0 Å². The molecule has 3 aliphatic heterocycles. The van der Waals surface area contributed by atoms with Gasteiger partial charge in [-0.15, -0.1) is 0 Å². The van der Waals surface area contributed by atoms with Crippen molar-refractivity contribution in [3.8, 4) is 0 Å². The zero-order valence-electron chi connectivity index (χ0n) is 17.1. The van der Waals surface area contributed by atoms with Gasteiger partial charge in [0.15, 0.2) is 0 Å². The quantitative estimate of drug-likeness (QED) is 0.795. The Hall–Kier alpha value is -1.39. The van der Waals surface area contributed by atoms with Gasteiger partial charge in [-0.1, -0.05) is 23.8 Å². The number of ether oxygens (including phenoxy) is 2. The summed E-state index contributed by atoms with van der Waals surface area (Å²) in [5.41, 5.74) is 3.78. The van der Waals surface area contributed by atoms with Crippen molar-refractivity contribution in [2.24, 2.45) is 17.3 Å². The van der Waals surface area contributed by atoms with Crippen LogP contribution in [0.25, 0.3) is 0 Å². The van der Waals surface area contributed by atoms with Crippen LogP contribution in [0.1, 0.15) is 55.2 Å². The summed E-state index contributed by atoms with van der Waals surface area (Å²) in [6.07, 6.45) is 7.77. The summed E-state index contributed by atoms with van der Waals surface area (Å²) in [5.74, 6) is 1.78. The molecule has 4 aliphatic rings. The third-order valence-electron chi connectivity index (χ3n) is 7.78. The van der Waals surface area contributed by atoms with Crippen molar-refractivity contribution in [1.82, 2.24) is 4.90 Å². The molecule has 0 radical (unpaired) electrons. The fourth-order valence-corrected chi connectivity index (χ4v) is 6.27. The summed E-state index contributed by atoms with van der Waals surface area (Å²) in [4.78, 5) is 15.9. The van der Waals surface area contributed by atoms with Crippen LogP contribution in [0.5, 0.6) is 0 Å². The molecule has 3 fully saturated rings. The highest BCUT2D eigenvalue weighted by molar-refractivity contribution is 5.84. The largest absolute Gasteiger partial charge is 0.381 e. The van der Waals surface area contributed by atoms with Gasteiger partial charge in [-0.3, -0.25) is 4.79 Å². The Morgan fingerprint density at radius 2 is 2.04 bits per heavy atom. The summed E-state index contributed by atoms with van der Waals surface area (Å²) in [7, 11) is 0. The van der Waals surface area contributed by atoms with Crippen molar-refractivity contribution in [3.05, 3.63) is 34.9 Å². The highest BCUT2D eigenvalue weighted by Crippen LogP contribution is 2.53. The van der Waals surface area contributed by atoms with Gasteiger partial charge in [0.25, 0.3) is 0 Å². The summed E-state index contributed by atoms with van der Waals surface area (Å²) in [5, 5.41) is 0. The van der Waals surface area contributed by atoms with E-state index in [0.29, 0.717) is 11.8 Å². The standard InChI is InChI=1S/C24H33NO3/c1-17-2-3-20-4-8-25(16-21(20)12-17)23(26)24-7-11-28-22(24)14-19(15-24)13-18-5-9-27-10-6-18/h2-3,12,18-19,22H,4-11,13-16H2,1H3/t19-,22-,24-/m1/s1.